The van der Waals surface area contributed by atoms with Gasteiger partial charge in [-0.05, 0) is 59.1 Å². The van der Waals surface area contributed by atoms with E-state index in [1.165, 1.54) is 0 Å². The van der Waals surface area contributed by atoms with Crippen molar-refractivity contribution in [1.82, 2.24) is 4.98 Å². The van der Waals surface area contributed by atoms with Crippen molar-refractivity contribution in [3.05, 3.63) is 62.3 Å². The van der Waals surface area contributed by atoms with Crippen LogP contribution in [0.25, 0.3) is 0 Å². The Kier molecular flexibility index (Phi) is 4.94. The number of rotatable bonds is 4. The maximum Gasteiger partial charge on any atom is 0.312 e. The standard InChI is InChI=1S/C15H13Br2NO2/c1-9-13(17)6-7-14(18-9)12(15(19)20)8-10-2-4-11(16)5-3-10/h2-7,12H,8H2,1H3,(H,19,20). The summed E-state index contributed by atoms with van der Waals surface area (Å²) in [4.78, 5) is 15.9. The Labute approximate surface area is 134 Å². The molecule has 3 nitrogen and oxygen atoms in total. The summed E-state index contributed by atoms with van der Waals surface area (Å²) in [7, 11) is 0. The van der Waals surface area contributed by atoms with Crippen LogP contribution in [-0.4, -0.2) is 16.1 Å². The van der Waals surface area contributed by atoms with Crippen LogP contribution in [-0.2, 0) is 11.2 Å². The number of benzene rings is 1. The van der Waals surface area contributed by atoms with Crippen molar-refractivity contribution in [3.8, 4) is 0 Å². The number of hydrogen-bond donors (Lipinski definition) is 1. The lowest BCUT2D eigenvalue weighted by Gasteiger charge is -2.13. The van der Waals surface area contributed by atoms with Gasteiger partial charge in [0, 0.05) is 8.95 Å². The van der Waals surface area contributed by atoms with Gasteiger partial charge in [-0.25, -0.2) is 0 Å². The summed E-state index contributed by atoms with van der Waals surface area (Å²) in [5.41, 5.74) is 2.36. The number of carbonyl (C=O) groups is 1. The van der Waals surface area contributed by atoms with Crippen LogP contribution in [0.3, 0.4) is 0 Å². The molecule has 0 saturated carbocycles. The normalized spacial score (nSPS) is 12.2. The molecule has 0 saturated heterocycles. The molecule has 0 spiro atoms. The van der Waals surface area contributed by atoms with Gasteiger partial charge < -0.3 is 5.11 Å². The van der Waals surface area contributed by atoms with E-state index < -0.39 is 11.9 Å². The SMILES string of the molecule is Cc1nc(C(Cc2ccc(Br)cc2)C(=O)O)ccc1Br. The highest BCUT2D eigenvalue weighted by Gasteiger charge is 2.22. The fraction of sp³-hybridized carbons (Fsp3) is 0.200. The molecule has 1 aromatic heterocycles. The summed E-state index contributed by atoms with van der Waals surface area (Å²) in [6, 6.07) is 11.3. The van der Waals surface area contributed by atoms with Crippen molar-refractivity contribution >= 4 is 37.8 Å². The van der Waals surface area contributed by atoms with Crippen LogP contribution in [0.1, 0.15) is 22.9 Å². The van der Waals surface area contributed by atoms with Gasteiger partial charge in [0.05, 0.1) is 11.4 Å². The van der Waals surface area contributed by atoms with Gasteiger partial charge in [0.2, 0.25) is 0 Å². The lowest BCUT2D eigenvalue weighted by atomic mass is 9.95. The maximum absolute atomic E-state index is 11.5. The van der Waals surface area contributed by atoms with Crippen molar-refractivity contribution in [3.63, 3.8) is 0 Å². The molecular weight excluding hydrogens is 386 g/mol. The van der Waals surface area contributed by atoms with Crippen LogP contribution in [0.5, 0.6) is 0 Å². The van der Waals surface area contributed by atoms with E-state index in [0.717, 1.165) is 20.2 Å². The Morgan fingerprint density at radius 3 is 2.40 bits per heavy atom. The zero-order chi connectivity index (χ0) is 14.7. The van der Waals surface area contributed by atoms with Crippen LogP contribution in [0.2, 0.25) is 0 Å². The van der Waals surface area contributed by atoms with Crippen molar-refractivity contribution in [2.75, 3.05) is 0 Å². The summed E-state index contributed by atoms with van der Waals surface area (Å²) in [6.45, 7) is 1.85. The molecule has 5 heteroatoms. The van der Waals surface area contributed by atoms with Crippen LogP contribution in [0.4, 0.5) is 0 Å². The number of nitrogens with zero attached hydrogens (tertiary/aromatic N) is 1. The second-order valence-electron chi connectivity index (χ2n) is 4.52. The Balaban J connectivity index is 2.29. The topological polar surface area (TPSA) is 50.2 Å². The third kappa shape index (κ3) is 3.67. The molecule has 0 aliphatic carbocycles. The Morgan fingerprint density at radius 2 is 1.85 bits per heavy atom. The molecule has 0 amide bonds. The van der Waals surface area contributed by atoms with Gasteiger partial charge in [-0.2, -0.15) is 0 Å². The zero-order valence-electron chi connectivity index (χ0n) is 10.8. The van der Waals surface area contributed by atoms with E-state index in [0.29, 0.717) is 12.1 Å². The summed E-state index contributed by atoms with van der Waals surface area (Å²) in [5, 5.41) is 9.44. The van der Waals surface area contributed by atoms with E-state index in [2.05, 4.69) is 36.8 Å². The van der Waals surface area contributed by atoms with Gasteiger partial charge in [0.15, 0.2) is 0 Å². The average molecular weight is 399 g/mol. The molecule has 0 fully saturated rings. The molecule has 104 valence electrons. The molecule has 0 aliphatic heterocycles. The minimum absolute atomic E-state index is 0.427. The van der Waals surface area contributed by atoms with Crippen LogP contribution in [0.15, 0.2) is 45.3 Å². The smallest absolute Gasteiger partial charge is 0.312 e. The van der Waals surface area contributed by atoms with Gasteiger partial charge in [-0.15, -0.1) is 0 Å². The van der Waals surface area contributed by atoms with E-state index in [-0.39, 0.29) is 0 Å². The molecule has 1 aromatic carbocycles. The van der Waals surface area contributed by atoms with Gasteiger partial charge >= 0.3 is 5.97 Å². The molecule has 1 atom stereocenters. The number of hydrogen-bond acceptors (Lipinski definition) is 2. The molecular formula is C15H13Br2NO2. The first-order chi connectivity index (χ1) is 9.47. The van der Waals surface area contributed by atoms with Crippen LogP contribution in [0, 0.1) is 6.92 Å². The fourth-order valence-electron chi connectivity index (χ4n) is 1.93. The molecule has 0 bridgehead atoms. The van der Waals surface area contributed by atoms with Gasteiger partial charge in [0.1, 0.15) is 5.92 Å². The number of aryl methyl sites for hydroxylation is 1. The molecule has 0 aliphatic rings. The maximum atomic E-state index is 11.5. The Bertz CT molecular complexity index is 626. The molecule has 1 unspecified atom stereocenters. The highest BCUT2D eigenvalue weighted by molar-refractivity contribution is 9.10. The first-order valence-corrected chi connectivity index (χ1v) is 7.66. The Hall–Kier alpha value is -1.20. The van der Waals surface area contributed by atoms with Crippen molar-refractivity contribution in [2.24, 2.45) is 0 Å². The molecule has 0 radical (unpaired) electrons. The monoisotopic (exact) mass is 397 g/mol. The van der Waals surface area contributed by atoms with E-state index in [1.54, 1.807) is 6.07 Å². The van der Waals surface area contributed by atoms with E-state index in [1.807, 2.05) is 37.3 Å². The highest BCUT2D eigenvalue weighted by Crippen LogP contribution is 2.23. The molecule has 2 rings (SSSR count). The third-order valence-corrected chi connectivity index (χ3v) is 4.42. The van der Waals surface area contributed by atoms with Crippen molar-refractivity contribution < 1.29 is 9.90 Å². The lowest BCUT2D eigenvalue weighted by Crippen LogP contribution is -2.16. The number of halogens is 2. The summed E-state index contributed by atoms with van der Waals surface area (Å²) in [6.07, 6.45) is 0.427. The van der Waals surface area contributed by atoms with E-state index in [4.69, 9.17) is 0 Å². The zero-order valence-corrected chi connectivity index (χ0v) is 14.0. The largest absolute Gasteiger partial charge is 0.481 e. The van der Waals surface area contributed by atoms with Crippen molar-refractivity contribution in [1.29, 1.82) is 0 Å². The summed E-state index contributed by atoms with van der Waals surface area (Å²) >= 11 is 6.74. The highest BCUT2D eigenvalue weighted by atomic mass is 79.9. The van der Waals surface area contributed by atoms with E-state index >= 15 is 0 Å². The van der Waals surface area contributed by atoms with Gasteiger partial charge in [-0.1, -0.05) is 28.1 Å². The quantitative estimate of drug-likeness (QED) is 0.833. The summed E-state index contributed by atoms with van der Waals surface area (Å²) < 4.78 is 1.86. The average Bonchev–Trinajstić information content (AvgIpc) is 2.41. The predicted octanol–water partition coefficient (Wildman–Crippen LogP) is 4.33. The summed E-state index contributed by atoms with van der Waals surface area (Å²) in [5.74, 6) is -1.50. The van der Waals surface area contributed by atoms with Crippen molar-refractivity contribution in [2.45, 2.75) is 19.3 Å². The Morgan fingerprint density at radius 1 is 1.20 bits per heavy atom. The van der Waals surface area contributed by atoms with Gasteiger partial charge in [0.25, 0.3) is 0 Å². The number of carboxylic acid groups (broad SMARTS) is 1. The van der Waals surface area contributed by atoms with Gasteiger partial charge in [-0.3, -0.25) is 9.78 Å². The fourth-order valence-corrected chi connectivity index (χ4v) is 2.42. The first-order valence-electron chi connectivity index (χ1n) is 6.07. The number of carboxylic acids is 1. The van der Waals surface area contributed by atoms with Crippen LogP contribution < -0.4 is 0 Å². The lowest BCUT2D eigenvalue weighted by molar-refractivity contribution is -0.138. The molecule has 2 aromatic rings. The molecule has 1 heterocycles. The molecule has 20 heavy (non-hydrogen) atoms. The third-order valence-electron chi connectivity index (χ3n) is 3.05. The predicted molar refractivity (Wildman–Crippen MR) is 84.9 cm³/mol. The second kappa shape index (κ2) is 6.50. The second-order valence-corrected chi connectivity index (χ2v) is 6.29. The molecule has 1 N–H and O–H groups in total. The van der Waals surface area contributed by atoms with E-state index in [9.17, 15) is 9.90 Å². The van der Waals surface area contributed by atoms with Crippen LogP contribution >= 0.6 is 31.9 Å². The number of aromatic nitrogens is 1. The number of aliphatic carboxylic acids is 1. The minimum atomic E-state index is -0.859. The number of pyridine rings is 1. The first kappa shape index (κ1) is 15.2. The minimum Gasteiger partial charge on any atom is -0.481 e.